The van der Waals surface area contributed by atoms with Crippen LogP contribution in [0.1, 0.15) is 47.4 Å². The van der Waals surface area contributed by atoms with Crippen LogP contribution < -0.4 is 10.5 Å². The molecule has 2 aromatic rings. The van der Waals surface area contributed by atoms with Gasteiger partial charge in [0.2, 0.25) is 10.0 Å². The fourth-order valence-electron chi connectivity index (χ4n) is 4.11. The molecule has 0 spiro atoms. The number of halogens is 2. The monoisotopic (exact) mass is 452 g/mol. The summed E-state index contributed by atoms with van der Waals surface area (Å²) in [6.45, 7) is 0.317. The van der Waals surface area contributed by atoms with Gasteiger partial charge in [-0.1, -0.05) is 47.5 Å². The summed E-state index contributed by atoms with van der Waals surface area (Å²) in [6, 6.07) is 12.0. The minimum Gasteiger partial charge on any atom is -0.327 e. The molecule has 0 aromatic heterocycles. The molecule has 4 nitrogen and oxygen atoms in total. The molecule has 29 heavy (non-hydrogen) atoms. The maximum absolute atomic E-state index is 12.2. The Labute approximate surface area is 182 Å². The molecule has 0 bridgehead atoms. The summed E-state index contributed by atoms with van der Waals surface area (Å²) in [4.78, 5) is 0. The molecule has 7 heteroatoms. The smallest absolute Gasteiger partial charge is 0.212 e. The summed E-state index contributed by atoms with van der Waals surface area (Å²) < 4.78 is 27.2. The number of nitrogens with two attached hydrogens (primary N) is 1. The van der Waals surface area contributed by atoms with Gasteiger partial charge in [-0.15, -0.1) is 0 Å². The molecule has 0 saturated heterocycles. The second-order valence-corrected chi connectivity index (χ2v) is 11.0. The van der Waals surface area contributed by atoms with Crippen LogP contribution in [0.25, 0.3) is 0 Å². The van der Waals surface area contributed by atoms with Gasteiger partial charge in [-0.25, -0.2) is 13.1 Å². The number of aryl methyl sites for hydroxylation is 1. The number of benzene rings is 2. The van der Waals surface area contributed by atoms with Crippen LogP contribution in [0.5, 0.6) is 0 Å². The van der Waals surface area contributed by atoms with E-state index in [0.717, 1.165) is 43.2 Å². The van der Waals surface area contributed by atoms with Gasteiger partial charge in [-0.05, 0) is 72.4 Å². The molecule has 0 amide bonds. The van der Waals surface area contributed by atoms with Crippen molar-refractivity contribution < 1.29 is 8.42 Å². The van der Waals surface area contributed by atoms with Gasteiger partial charge in [0, 0.05) is 18.5 Å². The number of sulfonamides is 1. The van der Waals surface area contributed by atoms with Crippen molar-refractivity contribution in [2.45, 2.75) is 50.6 Å². The zero-order valence-electron chi connectivity index (χ0n) is 16.2. The van der Waals surface area contributed by atoms with E-state index in [2.05, 4.69) is 16.9 Å². The summed E-state index contributed by atoms with van der Waals surface area (Å²) in [6.07, 6.45) is 4.71. The molecular formula is C22H26Cl2N2O2S. The normalized spacial score (nSPS) is 21.8. The van der Waals surface area contributed by atoms with E-state index in [1.54, 1.807) is 0 Å². The summed E-state index contributed by atoms with van der Waals surface area (Å²) in [7, 11) is -3.22. The highest BCUT2D eigenvalue weighted by atomic mass is 35.5. The predicted molar refractivity (Wildman–Crippen MR) is 119 cm³/mol. The molecular weight excluding hydrogens is 427 g/mol. The lowest BCUT2D eigenvalue weighted by molar-refractivity contribution is 0.467. The molecule has 2 aliphatic rings. The van der Waals surface area contributed by atoms with E-state index in [-0.39, 0.29) is 17.7 Å². The SMILES string of the molecule is NC1CCc2ccc(CNS(=O)(=O)CC3CC3)cc2C1Cc1ccc(Cl)c(Cl)c1. The standard InChI is InChI=1S/C22H26Cl2N2O2S/c23-20-7-4-15(11-21(20)24)9-19-18-10-16(3-5-17(18)6-8-22(19)25)12-26-29(27,28)13-14-1-2-14/h3-5,7,10-11,14,19,22,26H,1-2,6,8-9,12-13,25H2. The van der Waals surface area contributed by atoms with Crippen LogP contribution in [0, 0.1) is 5.92 Å². The zero-order chi connectivity index (χ0) is 20.6. The third-order valence-electron chi connectivity index (χ3n) is 5.96. The van der Waals surface area contributed by atoms with Gasteiger partial charge in [0.25, 0.3) is 0 Å². The first-order chi connectivity index (χ1) is 13.8. The molecule has 0 aliphatic heterocycles. The highest BCUT2D eigenvalue weighted by Crippen LogP contribution is 2.35. The summed E-state index contributed by atoms with van der Waals surface area (Å²) in [5, 5.41) is 1.09. The van der Waals surface area contributed by atoms with Crippen LogP contribution in [0.15, 0.2) is 36.4 Å². The third kappa shape index (κ3) is 5.33. The Balaban J connectivity index is 1.53. The lowest BCUT2D eigenvalue weighted by Gasteiger charge is -2.32. The zero-order valence-corrected chi connectivity index (χ0v) is 18.5. The first-order valence-electron chi connectivity index (χ1n) is 10.1. The predicted octanol–water partition coefficient (Wildman–Crippen LogP) is 4.42. The summed E-state index contributed by atoms with van der Waals surface area (Å²) >= 11 is 12.2. The van der Waals surface area contributed by atoms with Gasteiger partial charge in [-0.2, -0.15) is 0 Å². The van der Waals surface area contributed by atoms with Crippen LogP contribution in [-0.4, -0.2) is 20.2 Å². The van der Waals surface area contributed by atoms with Crippen LogP contribution in [0.3, 0.4) is 0 Å². The number of fused-ring (bicyclic) bond motifs is 1. The van der Waals surface area contributed by atoms with Gasteiger partial charge in [0.05, 0.1) is 15.8 Å². The minimum absolute atomic E-state index is 0.0544. The Morgan fingerprint density at radius 2 is 1.76 bits per heavy atom. The highest BCUT2D eigenvalue weighted by Gasteiger charge is 2.29. The van der Waals surface area contributed by atoms with E-state index in [1.165, 1.54) is 11.1 Å². The second-order valence-electron chi connectivity index (χ2n) is 8.34. The Morgan fingerprint density at radius 3 is 2.48 bits per heavy atom. The van der Waals surface area contributed by atoms with Gasteiger partial charge in [0.1, 0.15) is 0 Å². The van der Waals surface area contributed by atoms with Crippen molar-refractivity contribution >= 4 is 33.2 Å². The van der Waals surface area contributed by atoms with Crippen LogP contribution >= 0.6 is 23.2 Å². The van der Waals surface area contributed by atoms with Gasteiger partial charge < -0.3 is 5.73 Å². The van der Waals surface area contributed by atoms with Crippen molar-refractivity contribution in [1.82, 2.24) is 4.72 Å². The lowest BCUT2D eigenvalue weighted by atomic mass is 9.76. The first kappa shape index (κ1) is 21.1. The molecule has 2 unspecified atom stereocenters. The number of nitrogens with one attached hydrogen (secondary N) is 1. The van der Waals surface area contributed by atoms with E-state index in [4.69, 9.17) is 28.9 Å². The average Bonchev–Trinajstić information content (AvgIpc) is 3.48. The van der Waals surface area contributed by atoms with Crippen molar-refractivity contribution in [3.63, 3.8) is 0 Å². The van der Waals surface area contributed by atoms with E-state index in [0.29, 0.717) is 22.5 Å². The highest BCUT2D eigenvalue weighted by molar-refractivity contribution is 7.89. The van der Waals surface area contributed by atoms with E-state index >= 15 is 0 Å². The topological polar surface area (TPSA) is 72.2 Å². The van der Waals surface area contributed by atoms with Crippen LogP contribution in [0.2, 0.25) is 10.0 Å². The molecule has 4 rings (SSSR count). The number of hydrogen-bond acceptors (Lipinski definition) is 3. The van der Waals surface area contributed by atoms with Crippen molar-refractivity contribution in [2.24, 2.45) is 11.7 Å². The maximum Gasteiger partial charge on any atom is 0.212 e. The molecule has 3 N–H and O–H groups in total. The van der Waals surface area contributed by atoms with Crippen molar-refractivity contribution in [2.75, 3.05) is 5.75 Å². The van der Waals surface area contributed by atoms with Crippen LogP contribution in [-0.2, 0) is 29.4 Å². The molecule has 2 atom stereocenters. The summed E-state index contributed by atoms with van der Waals surface area (Å²) in [5.41, 5.74) is 11.1. The quantitative estimate of drug-likeness (QED) is 0.652. The van der Waals surface area contributed by atoms with E-state index in [1.807, 2.05) is 24.3 Å². The Kier molecular flexibility index (Phi) is 6.24. The molecule has 0 radical (unpaired) electrons. The molecule has 2 aliphatic carbocycles. The van der Waals surface area contributed by atoms with Crippen molar-refractivity contribution in [3.8, 4) is 0 Å². The number of rotatable bonds is 7. The van der Waals surface area contributed by atoms with Crippen molar-refractivity contribution in [1.29, 1.82) is 0 Å². The Hall–Kier alpha value is -1.11. The average molecular weight is 453 g/mol. The lowest BCUT2D eigenvalue weighted by Crippen LogP contribution is -2.34. The maximum atomic E-state index is 12.2. The third-order valence-corrected chi connectivity index (χ3v) is 8.19. The summed E-state index contributed by atoms with van der Waals surface area (Å²) in [5.74, 6) is 0.742. The second kappa shape index (κ2) is 8.56. The fourth-order valence-corrected chi connectivity index (χ4v) is 5.89. The Bertz CT molecular complexity index is 1010. The van der Waals surface area contributed by atoms with Crippen molar-refractivity contribution in [3.05, 3.63) is 68.7 Å². The number of hydrogen-bond donors (Lipinski definition) is 2. The minimum atomic E-state index is -3.22. The molecule has 1 saturated carbocycles. The van der Waals surface area contributed by atoms with E-state index < -0.39 is 10.0 Å². The van der Waals surface area contributed by atoms with Crippen LogP contribution in [0.4, 0.5) is 0 Å². The van der Waals surface area contributed by atoms with Gasteiger partial charge >= 0.3 is 0 Å². The van der Waals surface area contributed by atoms with Gasteiger partial charge in [-0.3, -0.25) is 0 Å². The molecule has 1 fully saturated rings. The fraction of sp³-hybridized carbons (Fsp3) is 0.455. The van der Waals surface area contributed by atoms with E-state index in [9.17, 15) is 8.42 Å². The molecule has 0 heterocycles. The first-order valence-corrected chi connectivity index (χ1v) is 12.5. The molecule has 2 aromatic carbocycles. The largest absolute Gasteiger partial charge is 0.327 e. The van der Waals surface area contributed by atoms with Gasteiger partial charge in [0.15, 0.2) is 0 Å². The molecule has 156 valence electrons. The Morgan fingerprint density at radius 1 is 1.00 bits per heavy atom.